The van der Waals surface area contributed by atoms with Crippen molar-refractivity contribution in [3.05, 3.63) is 35.4 Å². The summed E-state index contributed by atoms with van der Waals surface area (Å²) in [6.45, 7) is 2.01. The van der Waals surface area contributed by atoms with Crippen LogP contribution in [0.4, 0.5) is 0 Å². The molecule has 0 unspecified atom stereocenters. The highest BCUT2D eigenvalue weighted by Crippen LogP contribution is 2.07. The Bertz CT molecular complexity index is 462. The molecule has 0 heterocycles. The Morgan fingerprint density at radius 3 is 2.75 bits per heavy atom. The summed E-state index contributed by atoms with van der Waals surface area (Å²) in [6.07, 6.45) is 3.31. The third kappa shape index (κ3) is 6.10. The van der Waals surface area contributed by atoms with Gasteiger partial charge in [0.1, 0.15) is 6.04 Å². The van der Waals surface area contributed by atoms with Crippen LogP contribution in [0.2, 0.25) is 0 Å². The van der Waals surface area contributed by atoms with Crippen molar-refractivity contribution < 1.29 is 14.7 Å². The Morgan fingerprint density at radius 2 is 2.15 bits per heavy atom. The number of aryl methyl sites for hydroxylation is 2. The Hall–Kier alpha value is -1.49. The number of nitrogens with one attached hydrogen (secondary N) is 1. The van der Waals surface area contributed by atoms with Crippen molar-refractivity contribution in [3.8, 4) is 0 Å². The normalized spacial score (nSPS) is 11.9. The lowest BCUT2D eigenvalue weighted by Gasteiger charge is -2.13. The summed E-state index contributed by atoms with van der Waals surface area (Å²) in [7, 11) is 0. The van der Waals surface area contributed by atoms with Crippen LogP contribution in [0.1, 0.15) is 24.0 Å². The maximum Gasteiger partial charge on any atom is 0.326 e. The zero-order chi connectivity index (χ0) is 15.0. The minimum atomic E-state index is -0.969. The lowest BCUT2D eigenvalue weighted by molar-refractivity contribution is -0.141. The van der Waals surface area contributed by atoms with Gasteiger partial charge in [-0.2, -0.15) is 11.8 Å². The highest BCUT2D eigenvalue weighted by Gasteiger charge is 2.18. The first-order valence-corrected chi connectivity index (χ1v) is 7.99. The van der Waals surface area contributed by atoms with E-state index in [0.29, 0.717) is 19.3 Å². The number of hydrogen-bond acceptors (Lipinski definition) is 3. The molecular weight excluding hydrogens is 274 g/mol. The molecule has 1 rings (SSSR count). The molecule has 0 saturated heterocycles. The second-order valence-corrected chi connectivity index (χ2v) is 5.71. The lowest BCUT2D eigenvalue weighted by Crippen LogP contribution is -2.41. The second kappa shape index (κ2) is 8.64. The molecule has 0 aliphatic heterocycles. The van der Waals surface area contributed by atoms with E-state index in [1.165, 1.54) is 0 Å². The van der Waals surface area contributed by atoms with E-state index in [1.54, 1.807) is 11.8 Å². The first kappa shape index (κ1) is 16.6. The summed E-state index contributed by atoms with van der Waals surface area (Å²) in [4.78, 5) is 22.8. The summed E-state index contributed by atoms with van der Waals surface area (Å²) >= 11 is 1.57. The van der Waals surface area contributed by atoms with Crippen LogP contribution in [0.5, 0.6) is 0 Å². The fourth-order valence-corrected chi connectivity index (χ4v) is 2.36. The van der Waals surface area contributed by atoms with E-state index in [0.717, 1.165) is 16.9 Å². The number of amides is 1. The van der Waals surface area contributed by atoms with Crippen LogP contribution < -0.4 is 5.32 Å². The fourth-order valence-electron chi connectivity index (χ4n) is 1.89. The molecule has 0 saturated carbocycles. The van der Waals surface area contributed by atoms with E-state index in [2.05, 4.69) is 5.32 Å². The topological polar surface area (TPSA) is 66.4 Å². The molecule has 0 bridgehead atoms. The van der Waals surface area contributed by atoms with Gasteiger partial charge in [0.15, 0.2) is 0 Å². The Labute approximate surface area is 124 Å². The minimum absolute atomic E-state index is 0.208. The Morgan fingerprint density at radius 1 is 1.40 bits per heavy atom. The number of benzene rings is 1. The van der Waals surface area contributed by atoms with Gasteiger partial charge >= 0.3 is 5.97 Å². The SMILES string of the molecule is CSCC[C@H](NC(=O)CCc1cccc(C)c1)C(=O)O. The van der Waals surface area contributed by atoms with Gasteiger partial charge in [0.2, 0.25) is 5.91 Å². The van der Waals surface area contributed by atoms with Crippen molar-refractivity contribution in [2.75, 3.05) is 12.0 Å². The Balaban J connectivity index is 2.43. The van der Waals surface area contributed by atoms with E-state index in [-0.39, 0.29) is 5.91 Å². The van der Waals surface area contributed by atoms with E-state index < -0.39 is 12.0 Å². The maximum absolute atomic E-state index is 11.8. The van der Waals surface area contributed by atoms with Crippen LogP contribution >= 0.6 is 11.8 Å². The molecule has 2 N–H and O–H groups in total. The molecule has 1 aromatic carbocycles. The summed E-state index contributed by atoms with van der Waals surface area (Å²) in [5.74, 6) is -0.460. The van der Waals surface area contributed by atoms with Gasteiger partial charge in [-0.25, -0.2) is 4.79 Å². The highest BCUT2D eigenvalue weighted by molar-refractivity contribution is 7.98. The fraction of sp³-hybridized carbons (Fsp3) is 0.467. The molecule has 1 aromatic rings. The number of carboxylic acid groups (broad SMARTS) is 1. The molecular formula is C15H21NO3S. The van der Waals surface area contributed by atoms with Crippen LogP contribution in [0.25, 0.3) is 0 Å². The van der Waals surface area contributed by atoms with Crippen molar-refractivity contribution >= 4 is 23.6 Å². The van der Waals surface area contributed by atoms with E-state index in [9.17, 15) is 9.59 Å². The number of carbonyl (C=O) groups is 2. The van der Waals surface area contributed by atoms with Gasteiger partial charge in [-0.05, 0) is 37.3 Å². The van der Waals surface area contributed by atoms with Gasteiger partial charge < -0.3 is 10.4 Å². The minimum Gasteiger partial charge on any atom is -0.480 e. The lowest BCUT2D eigenvalue weighted by atomic mass is 10.1. The van der Waals surface area contributed by atoms with Crippen LogP contribution in [0.15, 0.2) is 24.3 Å². The van der Waals surface area contributed by atoms with Crippen molar-refractivity contribution in [1.82, 2.24) is 5.32 Å². The molecule has 20 heavy (non-hydrogen) atoms. The summed E-state index contributed by atoms with van der Waals surface area (Å²) in [5, 5.41) is 11.6. The smallest absolute Gasteiger partial charge is 0.326 e. The first-order chi connectivity index (χ1) is 9.52. The third-order valence-corrected chi connectivity index (χ3v) is 3.61. The van der Waals surface area contributed by atoms with E-state index in [4.69, 9.17) is 5.11 Å². The van der Waals surface area contributed by atoms with Crippen molar-refractivity contribution in [3.63, 3.8) is 0 Å². The molecule has 0 fully saturated rings. The van der Waals surface area contributed by atoms with Crippen LogP contribution in [-0.2, 0) is 16.0 Å². The monoisotopic (exact) mass is 295 g/mol. The van der Waals surface area contributed by atoms with Gasteiger partial charge in [0, 0.05) is 6.42 Å². The quantitative estimate of drug-likeness (QED) is 0.772. The molecule has 5 heteroatoms. The van der Waals surface area contributed by atoms with Gasteiger partial charge in [-0.15, -0.1) is 0 Å². The molecule has 1 atom stereocenters. The number of thioether (sulfide) groups is 1. The van der Waals surface area contributed by atoms with Gasteiger partial charge in [0.25, 0.3) is 0 Å². The molecule has 0 aliphatic rings. The number of rotatable bonds is 8. The largest absolute Gasteiger partial charge is 0.480 e. The molecule has 0 aliphatic carbocycles. The van der Waals surface area contributed by atoms with E-state index >= 15 is 0 Å². The average molecular weight is 295 g/mol. The molecule has 4 nitrogen and oxygen atoms in total. The first-order valence-electron chi connectivity index (χ1n) is 6.59. The zero-order valence-electron chi connectivity index (χ0n) is 11.9. The van der Waals surface area contributed by atoms with Crippen molar-refractivity contribution in [2.45, 2.75) is 32.2 Å². The summed E-state index contributed by atoms with van der Waals surface area (Å²) < 4.78 is 0. The molecule has 0 radical (unpaired) electrons. The predicted molar refractivity (Wildman–Crippen MR) is 82.1 cm³/mol. The molecule has 1 amide bonds. The second-order valence-electron chi connectivity index (χ2n) is 4.73. The maximum atomic E-state index is 11.8. The van der Waals surface area contributed by atoms with Crippen LogP contribution in [-0.4, -0.2) is 35.0 Å². The van der Waals surface area contributed by atoms with Gasteiger partial charge in [-0.3, -0.25) is 4.79 Å². The number of carboxylic acids is 1. The number of carbonyl (C=O) groups excluding carboxylic acids is 1. The van der Waals surface area contributed by atoms with Crippen LogP contribution in [0.3, 0.4) is 0 Å². The zero-order valence-corrected chi connectivity index (χ0v) is 12.7. The van der Waals surface area contributed by atoms with Gasteiger partial charge in [-0.1, -0.05) is 29.8 Å². The summed E-state index contributed by atoms with van der Waals surface area (Å²) in [5.41, 5.74) is 2.25. The Kier molecular flexibility index (Phi) is 7.15. The number of aliphatic carboxylic acids is 1. The molecule has 0 aromatic heterocycles. The van der Waals surface area contributed by atoms with Crippen molar-refractivity contribution in [1.29, 1.82) is 0 Å². The van der Waals surface area contributed by atoms with Gasteiger partial charge in [0.05, 0.1) is 0 Å². The average Bonchev–Trinajstić information content (AvgIpc) is 2.41. The standard InChI is InChI=1S/C15H21NO3S/c1-11-4-3-5-12(10-11)6-7-14(17)16-13(15(18)19)8-9-20-2/h3-5,10,13H,6-9H2,1-2H3,(H,16,17)(H,18,19)/t13-/m0/s1. The van der Waals surface area contributed by atoms with Crippen molar-refractivity contribution in [2.24, 2.45) is 0 Å². The third-order valence-electron chi connectivity index (χ3n) is 2.97. The number of hydrogen-bond donors (Lipinski definition) is 2. The molecule has 0 spiro atoms. The molecule has 110 valence electrons. The van der Waals surface area contributed by atoms with E-state index in [1.807, 2.05) is 37.4 Å². The highest BCUT2D eigenvalue weighted by atomic mass is 32.2. The summed E-state index contributed by atoms with van der Waals surface area (Å²) in [6, 6.07) is 7.19. The predicted octanol–water partition coefficient (Wildman–Crippen LogP) is 2.25. The van der Waals surface area contributed by atoms with Crippen LogP contribution in [0, 0.1) is 6.92 Å².